The van der Waals surface area contributed by atoms with Gasteiger partial charge in [-0.3, -0.25) is 0 Å². The number of para-hydroxylation sites is 1. The molecule has 88 valence electrons. The highest BCUT2D eigenvalue weighted by molar-refractivity contribution is 9.10. The molecule has 1 nitrogen and oxygen atoms in total. The van der Waals surface area contributed by atoms with Gasteiger partial charge in [0.05, 0.1) is 6.61 Å². The van der Waals surface area contributed by atoms with Crippen LogP contribution in [0.5, 0.6) is 5.75 Å². The van der Waals surface area contributed by atoms with E-state index in [1.54, 1.807) is 0 Å². The Labute approximate surface area is 115 Å². The second-order valence-electron chi connectivity index (χ2n) is 3.65. The van der Waals surface area contributed by atoms with Crippen molar-refractivity contribution in [1.82, 2.24) is 0 Å². The quantitative estimate of drug-likeness (QED) is 0.793. The predicted octanol–water partition coefficient (Wildman–Crippen LogP) is 4.72. The summed E-state index contributed by atoms with van der Waals surface area (Å²) in [5.41, 5.74) is 1.10. The van der Waals surface area contributed by atoms with Crippen molar-refractivity contribution in [3.8, 4) is 5.75 Å². The van der Waals surface area contributed by atoms with E-state index in [1.165, 1.54) is 0 Å². The van der Waals surface area contributed by atoms with Crippen molar-refractivity contribution < 1.29 is 4.74 Å². The molecule has 0 fully saturated rings. The van der Waals surface area contributed by atoms with Crippen molar-refractivity contribution in [1.29, 1.82) is 0 Å². The Morgan fingerprint density at radius 2 is 1.82 bits per heavy atom. The maximum atomic E-state index is 6.13. The van der Waals surface area contributed by atoms with Crippen molar-refractivity contribution in [3.63, 3.8) is 0 Å². The zero-order valence-electron chi connectivity index (χ0n) is 9.20. The molecule has 0 unspecified atom stereocenters. The summed E-state index contributed by atoms with van der Waals surface area (Å²) in [6.07, 6.45) is 0.807. The Kier molecular flexibility index (Phi) is 4.46. The van der Waals surface area contributed by atoms with Crippen LogP contribution in [0.25, 0.3) is 0 Å². The standard InChI is InChI=1S/C14H12BrClO/c15-12-7-6-11(14(16)10-12)8-9-17-13-4-2-1-3-5-13/h1-7,10H,8-9H2. The fourth-order valence-corrected chi connectivity index (χ4v) is 2.29. The van der Waals surface area contributed by atoms with Gasteiger partial charge in [-0.05, 0) is 29.8 Å². The van der Waals surface area contributed by atoms with Crippen LogP contribution in [0.1, 0.15) is 5.56 Å². The van der Waals surface area contributed by atoms with Gasteiger partial charge in [0.2, 0.25) is 0 Å². The molecule has 0 spiro atoms. The second kappa shape index (κ2) is 6.08. The first-order valence-electron chi connectivity index (χ1n) is 5.37. The highest BCUT2D eigenvalue weighted by atomic mass is 79.9. The van der Waals surface area contributed by atoms with Gasteiger partial charge in [0.15, 0.2) is 0 Å². The van der Waals surface area contributed by atoms with Gasteiger partial charge in [-0.2, -0.15) is 0 Å². The van der Waals surface area contributed by atoms with E-state index in [2.05, 4.69) is 15.9 Å². The number of halogens is 2. The highest BCUT2D eigenvalue weighted by Gasteiger charge is 2.01. The van der Waals surface area contributed by atoms with Crippen LogP contribution >= 0.6 is 27.5 Å². The molecule has 2 aromatic rings. The summed E-state index contributed by atoms with van der Waals surface area (Å²) in [6, 6.07) is 15.7. The monoisotopic (exact) mass is 310 g/mol. The first kappa shape index (κ1) is 12.5. The molecular formula is C14H12BrClO. The minimum atomic E-state index is 0.630. The van der Waals surface area contributed by atoms with Crippen LogP contribution in [0, 0.1) is 0 Å². The molecule has 0 aliphatic heterocycles. The molecule has 2 aromatic carbocycles. The van der Waals surface area contributed by atoms with Gasteiger partial charge >= 0.3 is 0 Å². The Hall–Kier alpha value is -0.990. The van der Waals surface area contributed by atoms with Crippen LogP contribution in [0.2, 0.25) is 5.02 Å². The van der Waals surface area contributed by atoms with Crippen LogP contribution in [-0.2, 0) is 6.42 Å². The van der Waals surface area contributed by atoms with Crippen molar-refractivity contribution in [2.24, 2.45) is 0 Å². The van der Waals surface area contributed by atoms with Crippen LogP contribution in [0.3, 0.4) is 0 Å². The van der Waals surface area contributed by atoms with Gasteiger partial charge in [-0.15, -0.1) is 0 Å². The number of ether oxygens (including phenoxy) is 1. The van der Waals surface area contributed by atoms with Crippen LogP contribution in [0.4, 0.5) is 0 Å². The zero-order chi connectivity index (χ0) is 12.1. The fourth-order valence-electron chi connectivity index (χ4n) is 1.52. The SMILES string of the molecule is Clc1cc(Br)ccc1CCOc1ccccc1. The van der Waals surface area contributed by atoms with E-state index >= 15 is 0 Å². The number of hydrogen-bond donors (Lipinski definition) is 0. The Bertz CT molecular complexity index is 485. The molecule has 17 heavy (non-hydrogen) atoms. The Balaban J connectivity index is 1.90. The van der Waals surface area contributed by atoms with Gasteiger partial charge in [-0.25, -0.2) is 0 Å². The van der Waals surface area contributed by atoms with E-state index in [0.29, 0.717) is 6.61 Å². The summed E-state index contributed by atoms with van der Waals surface area (Å²) in [5.74, 6) is 0.890. The maximum Gasteiger partial charge on any atom is 0.119 e. The smallest absolute Gasteiger partial charge is 0.119 e. The molecule has 0 saturated heterocycles. The molecule has 0 radical (unpaired) electrons. The third-order valence-electron chi connectivity index (χ3n) is 2.40. The van der Waals surface area contributed by atoms with E-state index in [9.17, 15) is 0 Å². The molecule has 0 N–H and O–H groups in total. The van der Waals surface area contributed by atoms with E-state index in [1.807, 2.05) is 48.5 Å². The average molecular weight is 312 g/mol. The fraction of sp³-hybridized carbons (Fsp3) is 0.143. The number of rotatable bonds is 4. The van der Waals surface area contributed by atoms with Crippen LogP contribution < -0.4 is 4.74 Å². The summed E-state index contributed by atoms with van der Waals surface area (Å²) in [7, 11) is 0. The molecule has 0 aromatic heterocycles. The van der Waals surface area contributed by atoms with E-state index < -0.39 is 0 Å². The second-order valence-corrected chi connectivity index (χ2v) is 4.97. The predicted molar refractivity (Wildman–Crippen MR) is 74.8 cm³/mol. The van der Waals surface area contributed by atoms with Crippen LogP contribution in [0.15, 0.2) is 53.0 Å². The molecule has 0 aliphatic carbocycles. The molecule has 0 heterocycles. The first-order chi connectivity index (χ1) is 8.25. The van der Waals surface area contributed by atoms with Crippen molar-refractivity contribution in [2.75, 3.05) is 6.61 Å². The zero-order valence-corrected chi connectivity index (χ0v) is 11.5. The molecule has 0 atom stereocenters. The topological polar surface area (TPSA) is 9.23 Å². The van der Waals surface area contributed by atoms with Crippen molar-refractivity contribution in [2.45, 2.75) is 6.42 Å². The van der Waals surface area contributed by atoms with Gasteiger partial charge in [-0.1, -0.05) is 51.8 Å². The summed E-state index contributed by atoms with van der Waals surface area (Å²) >= 11 is 9.51. The first-order valence-corrected chi connectivity index (χ1v) is 6.54. The van der Waals surface area contributed by atoms with Gasteiger partial charge in [0, 0.05) is 15.9 Å². The van der Waals surface area contributed by atoms with Crippen LogP contribution in [-0.4, -0.2) is 6.61 Å². The number of hydrogen-bond acceptors (Lipinski definition) is 1. The molecule has 0 aliphatic rings. The van der Waals surface area contributed by atoms with E-state index in [0.717, 1.165) is 27.2 Å². The highest BCUT2D eigenvalue weighted by Crippen LogP contribution is 2.22. The lowest BCUT2D eigenvalue weighted by molar-refractivity contribution is 0.322. The summed E-state index contributed by atoms with van der Waals surface area (Å²) in [5, 5.41) is 0.774. The summed E-state index contributed by atoms with van der Waals surface area (Å²) in [4.78, 5) is 0. The van der Waals surface area contributed by atoms with Gasteiger partial charge in [0.1, 0.15) is 5.75 Å². The minimum absolute atomic E-state index is 0.630. The van der Waals surface area contributed by atoms with E-state index in [4.69, 9.17) is 16.3 Å². The average Bonchev–Trinajstić information content (AvgIpc) is 2.33. The normalized spacial score (nSPS) is 10.2. The lowest BCUT2D eigenvalue weighted by Gasteiger charge is -2.07. The minimum Gasteiger partial charge on any atom is -0.493 e. The summed E-state index contributed by atoms with van der Waals surface area (Å²) in [6.45, 7) is 0.630. The lowest BCUT2D eigenvalue weighted by Crippen LogP contribution is -2.01. The van der Waals surface area contributed by atoms with Gasteiger partial charge in [0.25, 0.3) is 0 Å². The van der Waals surface area contributed by atoms with Gasteiger partial charge < -0.3 is 4.74 Å². The molecule has 0 amide bonds. The Morgan fingerprint density at radius 1 is 1.06 bits per heavy atom. The molecule has 3 heteroatoms. The van der Waals surface area contributed by atoms with Crippen molar-refractivity contribution >= 4 is 27.5 Å². The summed E-state index contributed by atoms with van der Waals surface area (Å²) < 4.78 is 6.62. The third-order valence-corrected chi connectivity index (χ3v) is 3.24. The Morgan fingerprint density at radius 3 is 2.53 bits per heavy atom. The maximum absolute atomic E-state index is 6.13. The molecule has 2 rings (SSSR count). The van der Waals surface area contributed by atoms with Crippen molar-refractivity contribution in [3.05, 3.63) is 63.6 Å². The molecule has 0 bridgehead atoms. The third kappa shape index (κ3) is 3.76. The molecule has 0 saturated carbocycles. The molecular weight excluding hydrogens is 300 g/mol. The largest absolute Gasteiger partial charge is 0.493 e. The van der Waals surface area contributed by atoms with E-state index in [-0.39, 0.29) is 0 Å². The lowest BCUT2D eigenvalue weighted by atomic mass is 10.2. The number of benzene rings is 2.